The molecule has 18 heavy (non-hydrogen) atoms. The molecule has 0 spiro atoms. The van der Waals surface area contributed by atoms with Crippen molar-refractivity contribution in [3.63, 3.8) is 0 Å². The smallest absolute Gasteiger partial charge is 0.273 e. The maximum absolute atomic E-state index is 10.7. The molecule has 0 amide bonds. The SMILES string of the molecule is O=[N+]([O-])c1cccc(OCC2(CBr)CCCC2)c1. The maximum Gasteiger partial charge on any atom is 0.273 e. The fraction of sp³-hybridized carbons (Fsp3) is 0.538. The molecule has 98 valence electrons. The minimum absolute atomic E-state index is 0.0758. The highest BCUT2D eigenvalue weighted by molar-refractivity contribution is 9.09. The lowest BCUT2D eigenvalue weighted by Gasteiger charge is -2.26. The first-order chi connectivity index (χ1) is 8.65. The minimum atomic E-state index is -0.400. The van der Waals surface area contributed by atoms with Gasteiger partial charge in [0.05, 0.1) is 17.6 Å². The van der Waals surface area contributed by atoms with Gasteiger partial charge >= 0.3 is 0 Å². The third-order valence-electron chi connectivity index (χ3n) is 3.52. The van der Waals surface area contributed by atoms with E-state index in [0.29, 0.717) is 12.4 Å². The molecule has 0 unspecified atom stereocenters. The fourth-order valence-electron chi connectivity index (χ4n) is 2.36. The molecule has 0 heterocycles. The summed E-state index contributed by atoms with van der Waals surface area (Å²) in [6.07, 6.45) is 4.80. The van der Waals surface area contributed by atoms with E-state index in [4.69, 9.17) is 4.74 Å². The lowest BCUT2D eigenvalue weighted by Crippen LogP contribution is -2.26. The van der Waals surface area contributed by atoms with Gasteiger partial charge in [-0.3, -0.25) is 10.1 Å². The van der Waals surface area contributed by atoms with Crippen molar-refractivity contribution in [2.45, 2.75) is 25.7 Å². The van der Waals surface area contributed by atoms with Crippen LogP contribution in [-0.4, -0.2) is 16.9 Å². The number of nitro groups is 1. The van der Waals surface area contributed by atoms with Crippen LogP contribution in [0.5, 0.6) is 5.75 Å². The molecule has 0 aromatic heterocycles. The lowest BCUT2D eigenvalue weighted by molar-refractivity contribution is -0.384. The summed E-state index contributed by atoms with van der Waals surface area (Å²) < 4.78 is 5.74. The Labute approximate surface area is 115 Å². The molecule has 1 aromatic rings. The molecule has 1 aliphatic rings. The van der Waals surface area contributed by atoms with E-state index in [1.807, 2.05) is 0 Å². The summed E-state index contributed by atoms with van der Waals surface area (Å²) in [5.41, 5.74) is 0.275. The van der Waals surface area contributed by atoms with Crippen molar-refractivity contribution in [1.82, 2.24) is 0 Å². The van der Waals surface area contributed by atoms with E-state index in [1.54, 1.807) is 12.1 Å². The quantitative estimate of drug-likeness (QED) is 0.470. The van der Waals surface area contributed by atoms with Crippen molar-refractivity contribution < 1.29 is 9.66 Å². The van der Waals surface area contributed by atoms with Crippen LogP contribution in [0, 0.1) is 15.5 Å². The van der Waals surface area contributed by atoms with Gasteiger partial charge in [0.1, 0.15) is 5.75 Å². The van der Waals surface area contributed by atoms with Crippen molar-refractivity contribution in [2.75, 3.05) is 11.9 Å². The summed E-state index contributed by atoms with van der Waals surface area (Å²) in [7, 11) is 0. The van der Waals surface area contributed by atoms with Crippen molar-refractivity contribution in [3.8, 4) is 5.75 Å². The van der Waals surface area contributed by atoms with Gasteiger partial charge in [-0.05, 0) is 18.9 Å². The average Bonchev–Trinajstić information content (AvgIpc) is 2.86. The molecule has 1 aliphatic carbocycles. The van der Waals surface area contributed by atoms with Crippen molar-refractivity contribution in [1.29, 1.82) is 0 Å². The van der Waals surface area contributed by atoms with Gasteiger partial charge in [-0.25, -0.2) is 0 Å². The first-order valence-electron chi connectivity index (χ1n) is 6.08. The molecule has 1 fully saturated rings. The molecule has 1 aromatic carbocycles. The second-order valence-electron chi connectivity index (χ2n) is 4.88. The van der Waals surface area contributed by atoms with Gasteiger partial charge in [0.25, 0.3) is 5.69 Å². The Morgan fingerprint density at radius 3 is 2.72 bits per heavy atom. The predicted octanol–water partition coefficient (Wildman–Crippen LogP) is 3.93. The second kappa shape index (κ2) is 5.69. The zero-order chi connectivity index (χ0) is 13.0. The molecule has 2 rings (SSSR count). The van der Waals surface area contributed by atoms with Crippen molar-refractivity contribution >= 4 is 21.6 Å². The summed E-state index contributed by atoms with van der Waals surface area (Å²) in [4.78, 5) is 10.3. The molecule has 0 atom stereocenters. The summed E-state index contributed by atoms with van der Waals surface area (Å²) >= 11 is 3.56. The van der Waals surface area contributed by atoms with Gasteiger partial charge in [0.2, 0.25) is 0 Å². The summed E-state index contributed by atoms with van der Waals surface area (Å²) in [5, 5.41) is 11.6. The summed E-state index contributed by atoms with van der Waals surface area (Å²) in [5.74, 6) is 0.580. The van der Waals surface area contributed by atoms with E-state index in [9.17, 15) is 10.1 Å². The van der Waals surface area contributed by atoms with E-state index >= 15 is 0 Å². The number of hydrogen-bond acceptors (Lipinski definition) is 3. The van der Waals surface area contributed by atoms with Crippen LogP contribution in [0.3, 0.4) is 0 Å². The maximum atomic E-state index is 10.7. The number of nitro benzene ring substituents is 1. The van der Waals surface area contributed by atoms with Gasteiger partial charge in [-0.1, -0.05) is 34.8 Å². The molecular weight excluding hydrogens is 298 g/mol. The predicted molar refractivity (Wildman–Crippen MR) is 73.3 cm³/mol. The second-order valence-corrected chi connectivity index (χ2v) is 5.44. The normalized spacial score (nSPS) is 17.6. The Morgan fingerprint density at radius 2 is 2.11 bits per heavy atom. The average molecular weight is 314 g/mol. The number of benzene rings is 1. The van der Waals surface area contributed by atoms with Crippen LogP contribution in [-0.2, 0) is 0 Å². The highest BCUT2D eigenvalue weighted by Crippen LogP contribution is 2.40. The Kier molecular flexibility index (Phi) is 4.22. The molecule has 0 saturated heterocycles. The van der Waals surface area contributed by atoms with Crippen LogP contribution in [0.2, 0.25) is 0 Å². The van der Waals surface area contributed by atoms with Crippen LogP contribution < -0.4 is 4.74 Å². The number of rotatable bonds is 5. The van der Waals surface area contributed by atoms with Gasteiger partial charge in [0.15, 0.2) is 0 Å². The third kappa shape index (κ3) is 3.02. The van der Waals surface area contributed by atoms with Crippen molar-refractivity contribution in [2.24, 2.45) is 5.41 Å². The van der Waals surface area contributed by atoms with Crippen LogP contribution in [0.25, 0.3) is 0 Å². The van der Waals surface area contributed by atoms with Crippen molar-refractivity contribution in [3.05, 3.63) is 34.4 Å². The van der Waals surface area contributed by atoms with E-state index in [1.165, 1.54) is 25.0 Å². The molecule has 5 heteroatoms. The molecule has 0 radical (unpaired) electrons. The van der Waals surface area contributed by atoms with Crippen LogP contribution in [0.15, 0.2) is 24.3 Å². The lowest BCUT2D eigenvalue weighted by atomic mass is 9.90. The molecule has 0 aliphatic heterocycles. The van der Waals surface area contributed by atoms with E-state index in [2.05, 4.69) is 15.9 Å². The Hall–Kier alpha value is -1.10. The topological polar surface area (TPSA) is 52.4 Å². The van der Waals surface area contributed by atoms with Gasteiger partial charge in [0, 0.05) is 16.8 Å². The largest absolute Gasteiger partial charge is 0.493 e. The van der Waals surface area contributed by atoms with Crippen LogP contribution in [0.1, 0.15) is 25.7 Å². The zero-order valence-corrected chi connectivity index (χ0v) is 11.7. The number of ether oxygens (including phenoxy) is 1. The first kappa shape index (κ1) is 13.3. The molecule has 0 bridgehead atoms. The Bertz CT molecular complexity index is 430. The fourth-order valence-corrected chi connectivity index (χ4v) is 3.09. The van der Waals surface area contributed by atoms with E-state index in [0.717, 1.165) is 18.2 Å². The summed E-state index contributed by atoms with van der Waals surface area (Å²) in [6, 6.07) is 6.38. The monoisotopic (exact) mass is 313 g/mol. The van der Waals surface area contributed by atoms with Gasteiger partial charge in [-0.15, -0.1) is 0 Å². The highest BCUT2D eigenvalue weighted by atomic mass is 79.9. The number of non-ortho nitro benzene ring substituents is 1. The number of hydrogen-bond donors (Lipinski definition) is 0. The number of nitrogens with zero attached hydrogens (tertiary/aromatic N) is 1. The summed E-state index contributed by atoms with van der Waals surface area (Å²) in [6.45, 7) is 0.624. The zero-order valence-electron chi connectivity index (χ0n) is 10.1. The minimum Gasteiger partial charge on any atom is -0.493 e. The Morgan fingerprint density at radius 1 is 1.39 bits per heavy atom. The third-order valence-corrected chi connectivity index (χ3v) is 4.71. The molecule has 4 nitrogen and oxygen atoms in total. The van der Waals surface area contributed by atoms with Gasteiger partial charge in [-0.2, -0.15) is 0 Å². The molecule has 1 saturated carbocycles. The number of halogens is 1. The molecule has 0 N–H and O–H groups in total. The Balaban J connectivity index is 2.01. The van der Waals surface area contributed by atoms with Gasteiger partial charge < -0.3 is 4.74 Å². The number of alkyl halides is 1. The van der Waals surface area contributed by atoms with E-state index in [-0.39, 0.29) is 11.1 Å². The van der Waals surface area contributed by atoms with Crippen LogP contribution >= 0.6 is 15.9 Å². The van der Waals surface area contributed by atoms with E-state index < -0.39 is 4.92 Å². The first-order valence-corrected chi connectivity index (χ1v) is 7.21. The standard InChI is InChI=1S/C13H16BrNO3/c14-9-13(6-1-2-7-13)10-18-12-5-3-4-11(8-12)15(16)17/h3-5,8H,1-2,6-7,9-10H2. The van der Waals surface area contributed by atoms with Crippen LogP contribution in [0.4, 0.5) is 5.69 Å². The molecular formula is C13H16BrNO3. The highest BCUT2D eigenvalue weighted by Gasteiger charge is 2.33.